The zero-order valence-electron chi connectivity index (χ0n) is 12.1. The van der Waals surface area contributed by atoms with E-state index in [0.29, 0.717) is 18.8 Å². The number of hydrogen-bond donors (Lipinski definition) is 2. The van der Waals surface area contributed by atoms with Crippen molar-refractivity contribution in [1.82, 2.24) is 4.98 Å². The second-order valence-corrected chi connectivity index (χ2v) is 4.69. The number of carboxylic acid groups (broad SMARTS) is 1. The number of anilines is 2. The van der Waals surface area contributed by atoms with E-state index in [0.717, 1.165) is 11.5 Å². The molecule has 116 valence electrons. The van der Waals surface area contributed by atoms with E-state index in [1.54, 1.807) is 18.3 Å². The van der Waals surface area contributed by atoms with E-state index in [1.165, 1.54) is 0 Å². The Morgan fingerprint density at radius 3 is 2.57 bits per heavy atom. The van der Waals surface area contributed by atoms with Crippen molar-refractivity contribution in [3.8, 4) is 5.75 Å². The highest BCUT2D eigenvalue weighted by Crippen LogP contribution is 2.19. The Balaban J connectivity index is 1.69. The number of pyridine rings is 1. The third-order valence-corrected chi connectivity index (χ3v) is 3.04. The first-order valence-electron chi connectivity index (χ1n) is 7.01. The van der Waals surface area contributed by atoms with Crippen LogP contribution in [0.2, 0.25) is 0 Å². The molecule has 7 nitrogen and oxygen atoms in total. The molecule has 2 heterocycles. The van der Waals surface area contributed by atoms with E-state index >= 15 is 0 Å². The maximum absolute atomic E-state index is 11.1. The van der Waals surface area contributed by atoms with Crippen LogP contribution in [0.1, 0.15) is 0 Å². The molecule has 0 unspecified atom stereocenters. The van der Waals surface area contributed by atoms with Crippen molar-refractivity contribution < 1.29 is 14.6 Å². The van der Waals surface area contributed by atoms with Crippen molar-refractivity contribution >= 4 is 29.1 Å². The fourth-order valence-electron chi connectivity index (χ4n) is 2.00. The Hall–Kier alpha value is -3.22. The molecule has 0 fully saturated rings. The van der Waals surface area contributed by atoms with Gasteiger partial charge in [-0.25, -0.2) is 14.8 Å². The lowest BCUT2D eigenvalue weighted by Gasteiger charge is -2.12. The van der Waals surface area contributed by atoms with E-state index in [4.69, 9.17) is 9.84 Å². The minimum absolute atomic E-state index is 0.0363. The van der Waals surface area contributed by atoms with Crippen LogP contribution < -0.4 is 10.1 Å². The number of aliphatic carboxylic acids is 1. The van der Waals surface area contributed by atoms with Crippen LogP contribution in [-0.2, 0) is 4.79 Å². The summed E-state index contributed by atoms with van der Waals surface area (Å²) in [6.07, 6.45) is 1.70. The molecule has 3 rings (SSSR count). The summed E-state index contributed by atoms with van der Waals surface area (Å²) >= 11 is 0. The maximum Gasteiger partial charge on any atom is 0.359 e. The first kappa shape index (κ1) is 14.7. The van der Waals surface area contributed by atoms with Crippen molar-refractivity contribution in [2.45, 2.75) is 0 Å². The Kier molecular flexibility index (Phi) is 4.28. The fraction of sp³-hybridized carbons (Fsp3) is 0.125. The highest BCUT2D eigenvalue weighted by Gasteiger charge is 2.21. The lowest BCUT2D eigenvalue weighted by molar-refractivity contribution is -0.129. The van der Waals surface area contributed by atoms with Gasteiger partial charge in [0.25, 0.3) is 0 Å². The quantitative estimate of drug-likeness (QED) is 0.902. The monoisotopic (exact) mass is 310 g/mol. The lowest BCUT2D eigenvalue weighted by atomic mass is 10.3. The number of ether oxygens (including phenoxy) is 1. The van der Waals surface area contributed by atoms with Gasteiger partial charge in [0.1, 0.15) is 11.6 Å². The Morgan fingerprint density at radius 1 is 1.09 bits per heavy atom. The molecule has 1 aliphatic rings. The van der Waals surface area contributed by atoms with Crippen molar-refractivity contribution in [2.75, 3.05) is 18.4 Å². The number of carbonyl (C=O) groups is 1. The Morgan fingerprint density at radius 2 is 1.87 bits per heavy atom. The highest BCUT2D eigenvalue weighted by molar-refractivity contribution is 6.64. The third kappa shape index (κ3) is 3.70. The number of aliphatic imine (C=N–C) groups is 2. The average Bonchev–Trinajstić information content (AvgIpc) is 2.58. The number of carboxylic acids is 1. The van der Waals surface area contributed by atoms with E-state index in [9.17, 15) is 4.79 Å². The number of nitrogens with zero attached hydrogens (tertiary/aromatic N) is 3. The zero-order valence-corrected chi connectivity index (χ0v) is 12.1. The van der Waals surface area contributed by atoms with Crippen LogP contribution in [0.4, 0.5) is 11.5 Å². The molecule has 23 heavy (non-hydrogen) atoms. The Bertz CT molecular complexity index is 755. The van der Waals surface area contributed by atoms with E-state index < -0.39 is 5.97 Å². The summed E-state index contributed by atoms with van der Waals surface area (Å²) in [6, 6.07) is 12.7. The Labute approximate surface area is 132 Å². The van der Waals surface area contributed by atoms with Crippen molar-refractivity contribution in [3.63, 3.8) is 0 Å². The molecule has 0 bridgehead atoms. The minimum atomic E-state index is -1.14. The molecule has 0 spiro atoms. The molecule has 7 heteroatoms. The first-order valence-corrected chi connectivity index (χ1v) is 7.01. The fourth-order valence-corrected chi connectivity index (χ4v) is 2.00. The van der Waals surface area contributed by atoms with Gasteiger partial charge in [-0.15, -0.1) is 0 Å². The molecule has 0 saturated carbocycles. The molecule has 2 aromatic rings. The number of rotatable bonds is 4. The molecule has 0 amide bonds. The zero-order chi connectivity index (χ0) is 16.1. The smallest absolute Gasteiger partial charge is 0.359 e. The van der Waals surface area contributed by atoms with Crippen LogP contribution >= 0.6 is 0 Å². The van der Waals surface area contributed by atoms with E-state index in [1.807, 2.05) is 30.3 Å². The lowest BCUT2D eigenvalue weighted by Crippen LogP contribution is -2.32. The van der Waals surface area contributed by atoms with Crippen LogP contribution in [0.15, 0.2) is 58.6 Å². The van der Waals surface area contributed by atoms with Gasteiger partial charge in [-0.05, 0) is 36.4 Å². The topological polar surface area (TPSA) is 96.2 Å². The van der Waals surface area contributed by atoms with Gasteiger partial charge in [0.05, 0.1) is 13.1 Å². The maximum atomic E-state index is 11.1. The molecule has 1 aliphatic heterocycles. The highest BCUT2D eigenvalue weighted by atomic mass is 16.5. The predicted molar refractivity (Wildman–Crippen MR) is 86.8 cm³/mol. The summed E-state index contributed by atoms with van der Waals surface area (Å²) in [5.74, 6) is 0.121. The average molecular weight is 310 g/mol. The largest absolute Gasteiger partial charge is 0.476 e. The second kappa shape index (κ2) is 6.69. The molecule has 0 radical (unpaired) electrons. The number of benzene rings is 1. The second-order valence-electron chi connectivity index (χ2n) is 4.69. The molecule has 1 aromatic carbocycles. The molecule has 1 aromatic heterocycles. The SMILES string of the molecule is O=C(O)C1=NCCN=C1Oc1ccc(Nc2ccccn2)cc1. The standard InChI is InChI=1S/C16H14N4O3/c21-16(22)14-15(19-10-9-18-14)23-12-6-4-11(5-7-12)20-13-3-1-2-8-17-13/h1-8H,9-10H2,(H,17,20)(H,21,22). The molecule has 0 saturated heterocycles. The van der Waals surface area contributed by atoms with Gasteiger partial charge in [-0.1, -0.05) is 6.07 Å². The molecule has 0 aliphatic carbocycles. The van der Waals surface area contributed by atoms with Crippen molar-refractivity contribution in [2.24, 2.45) is 9.98 Å². The summed E-state index contributed by atoms with van der Waals surface area (Å²) in [6.45, 7) is 0.785. The van der Waals surface area contributed by atoms with Gasteiger partial charge in [0, 0.05) is 11.9 Å². The number of aromatic nitrogens is 1. The van der Waals surface area contributed by atoms with Crippen molar-refractivity contribution in [3.05, 3.63) is 48.7 Å². The van der Waals surface area contributed by atoms with Gasteiger partial charge >= 0.3 is 5.97 Å². The van der Waals surface area contributed by atoms with Crippen LogP contribution in [0.5, 0.6) is 5.75 Å². The van der Waals surface area contributed by atoms with Gasteiger partial charge in [-0.3, -0.25) is 4.99 Å². The van der Waals surface area contributed by atoms with Crippen LogP contribution in [0.25, 0.3) is 0 Å². The van der Waals surface area contributed by atoms with Gasteiger partial charge in [0.2, 0.25) is 11.6 Å². The first-order chi connectivity index (χ1) is 11.2. The van der Waals surface area contributed by atoms with E-state index in [2.05, 4.69) is 20.3 Å². The summed E-state index contributed by atoms with van der Waals surface area (Å²) in [5, 5.41) is 12.2. The van der Waals surface area contributed by atoms with Crippen LogP contribution in [-0.4, -0.2) is 40.8 Å². The van der Waals surface area contributed by atoms with Gasteiger partial charge in [0.15, 0.2) is 0 Å². The summed E-state index contributed by atoms with van der Waals surface area (Å²) < 4.78 is 5.53. The van der Waals surface area contributed by atoms with Gasteiger partial charge < -0.3 is 15.2 Å². The third-order valence-electron chi connectivity index (χ3n) is 3.04. The number of nitrogens with one attached hydrogen (secondary N) is 1. The molecular weight excluding hydrogens is 296 g/mol. The number of hydrogen-bond acceptors (Lipinski definition) is 6. The van der Waals surface area contributed by atoms with Crippen molar-refractivity contribution in [1.29, 1.82) is 0 Å². The minimum Gasteiger partial charge on any atom is -0.476 e. The molecule has 2 N–H and O–H groups in total. The van der Waals surface area contributed by atoms with Gasteiger partial charge in [-0.2, -0.15) is 0 Å². The van der Waals surface area contributed by atoms with E-state index in [-0.39, 0.29) is 11.6 Å². The van der Waals surface area contributed by atoms with Crippen LogP contribution in [0, 0.1) is 0 Å². The summed E-state index contributed by atoms with van der Waals surface area (Å²) in [4.78, 5) is 23.3. The predicted octanol–water partition coefficient (Wildman–Crippen LogP) is 2.14. The molecular formula is C16H14N4O3. The van der Waals surface area contributed by atoms with Crippen LogP contribution in [0.3, 0.4) is 0 Å². The molecule has 0 atom stereocenters. The summed E-state index contributed by atoms with van der Waals surface area (Å²) in [5.41, 5.74) is 0.695. The normalized spacial score (nSPS) is 13.7. The summed E-state index contributed by atoms with van der Waals surface area (Å²) in [7, 11) is 0.